The lowest BCUT2D eigenvalue weighted by atomic mass is 9.96. The van der Waals surface area contributed by atoms with Crippen molar-refractivity contribution >= 4 is 33.3 Å². The lowest BCUT2D eigenvalue weighted by Crippen LogP contribution is -2.20. The van der Waals surface area contributed by atoms with Crippen molar-refractivity contribution in [3.8, 4) is 34.8 Å². The van der Waals surface area contributed by atoms with E-state index >= 15 is 0 Å². The first-order chi connectivity index (χ1) is 15.4. The van der Waals surface area contributed by atoms with Crippen molar-refractivity contribution in [2.24, 2.45) is 0 Å². The minimum Gasteiger partial charge on any atom is -0.493 e. The van der Waals surface area contributed by atoms with Crippen LogP contribution < -0.4 is 26.1 Å². The van der Waals surface area contributed by atoms with Gasteiger partial charge in [-0.2, -0.15) is 10.5 Å². The summed E-state index contributed by atoms with van der Waals surface area (Å²) < 4.78 is 11.4. The first-order valence-corrected chi connectivity index (χ1v) is 9.90. The third kappa shape index (κ3) is 4.56. The fourth-order valence-corrected chi connectivity index (χ4v) is 3.55. The van der Waals surface area contributed by atoms with Gasteiger partial charge in [-0.15, -0.1) is 0 Å². The van der Waals surface area contributed by atoms with Gasteiger partial charge in [-0.05, 0) is 45.8 Å². The van der Waals surface area contributed by atoms with Crippen molar-refractivity contribution in [2.45, 2.75) is 0 Å². The average molecular weight is 494 g/mol. The predicted molar refractivity (Wildman–Crippen MR) is 121 cm³/mol. The third-order valence-corrected chi connectivity index (χ3v) is 4.98. The summed E-state index contributed by atoms with van der Waals surface area (Å²) in [5.74, 6) is -0.0857. The number of amides is 1. The van der Waals surface area contributed by atoms with E-state index in [1.165, 1.54) is 13.2 Å². The molecular formula is C22H16BrN5O4. The number of H-pyrrole nitrogens is 1. The Morgan fingerprint density at radius 1 is 1.19 bits per heavy atom. The van der Waals surface area contributed by atoms with Crippen molar-refractivity contribution in [2.75, 3.05) is 24.8 Å². The summed E-state index contributed by atoms with van der Waals surface area (Å²) in [4.78, 5) is 26.7. The highest BCUT2D eigenvalue weighted by atomic mass is 79.9. The number of rotatable bonds is 6. The molecule has 3 aromatic rings. The number of carbonyl (C=O) groups is 1. The molecule has 160 valence electrons. The molecule has 1 aromatic heterocycles. The molecule has 9 nitrogen and oxygen atoms in total. The van der Waals surface area contributed by atoms with E-state index < -0.39 is 5.56 Å². The molecule has 1 heterocycles. The topological polar surface area (TPSA) is 154 Å². The Bertz CT molecular complexity index is 1320. The number of methoxy groups -OCH3 is 1. The second-order valence-corrected chi connectivity index (χ2v) is 7.26. The molecule has 3 rings (SSSR count). The lowest BCUT2D eigenvalue weighted by molar-refractivity contribution is -0.118. The van der Waals surface area contributed by atoms with Gasteiger partial charge in [-0.3, -0.25) is 9.59 Å². The quantitative estimate of drug-likeness (QED) is 0.476. The average Bonchev–Trinajstić information content (AvgIpc) is 2.78. The molecule has 0 unspecified atom stereocenters. The van der Waals surface area contributed by atoms with Crippen LogP contribution in [0.5, 0.6) is 11.5 Å². The molecule has 0 spiro atoms. The number of nitrogens with one attached hydrogen (secondary N) is 2. The van der Waals surface area contributed by atoms with Gasteiger partial charge in [-0.25, -0.2) is 0 Å². The number of carbonyl (C=O) groups excluding carboxylic acids is 1. The molecule has 2 aromatic carbocycles. The number of nitriles is 2. The van der Waals surface area contributed by atoms with Crippen molar-refractivity contribution in [1.29, 1.82) is 10.5 Å². The van der Waals surface area contributed by atoms with E-state index in [1.54, 1.807) is 30.3 Å². The summed E-state index contributed by atoms with van der Waals surface area (Å²) in [6.45, 7) is -0.298. The molecule has 0 aliphatic carbocycles. The van der Waals surface area contributed by atoms with Crippen LogP contribution in [0.3, 0.4) is 0 Å². The second-order valence-electron chi connectivity index (χ2n) is 6.41. The standard InChI is InChI=1S/C22H16BrN5O4/c1-31-17-8-12(19-14(9-24)21(26)28-22(30)15(19)10-25)7-16(23)20(17)32-11-18(29)27-13-5-3-2-4-6-13/h2-8H,11H2,1H3,(H,27,29)(H3,26,28,30). The van der Waals surface area contributed by atoms with Gasteiger partial charge in [0.05, 0.1) is 11.6 Å². The van der Waals surface area contributed by atoms with Gasteiger partial charge in [0.2, 0.25) is 0 Å². The normalized spacial score (nSPS) is 10.0. The van der Waals surface area contributed by atoms with E-state index in [0.717, 1.165) is 0 Å². The number of halogens is 1. The van der Waals surface area contributed by atoms with Crippen LogP contribution in [-0.4, -0.2) is 24.6 Å². The molecule has 0 fully saturated rings. The molecule has 4 N–H and O–H groups in total. The summed E-state index contributed by atoms with van der Waals surface area (Å²) >= 11 is 3.36. The van der Waals surface area contributed by atoms with E-state index in [9.17, 15) is 20.1 Å². The highest BCUT2D eigenvalue weighted by molar-refractivity contribution is 9.10. The van der Waals surface area contributed by atoms with Gasteiger partial charge >= 0.3 is 0 Å². The van der Waals surface area contributed by atoms with Crippen LogP contribution in [0.25, 0.3) is 11.1 Å². The van der Waals surface area contributed by atoms with Crippen LogP contribution in [0.1, 0.15) is 11.1 Å². The third-order valence-electron chi connectivity index (χ3n) is 4.39. The van der Waals surface area contributed by atoms with Crippen molar-refractivity contribution in [3.63, 3.8) is 0 Å². The largest absolute Gasteiger partial charge is 0.493 e. The number of nitrogens with zero attached hydrogens (tertiary/aromatic N) is 2. The molecule has 0 atom stereocenters. The van der Waals surface area contributed by atoms with E-state index in [0.29, 0.717) is 15.7 Å². The maximum Gasteiger partial charge on any atom is 0.268 e. The molecule has 1 amide bonds. The molecule has 10 heteroatoms. The van der Waals surface area contributed by atoms with Gasteiger partial charge in [0.15, 0.2) is 18.1 Å². The Kier molecular flexibility index (Phi) is 6.78. The lowest BCUT2D eigenvalue weighted by Gasteiger charge is -2.16. The number of pyridine rings is 1. The van der Waals surface area contributed by atoms with Gasteiger partial charge < -0.3 is 25.5 Å². The maximum absolute atomic E-state index is 12.2. The molecular weight excluding hydrogens is 478 g/mol. The Morgan fingerprint density at radius 2 is 1.88 bits per heavy atom. The van der Waals surface area contributed by atoms with Crippen LogP contribution in [0.2, 0.25) is 0 Å². The molecule has 0 aliphatic rings. The Balaban J connectivity index is 1.97. The molecule has 0 bridgehead atoms. The number of anilines is 2. The number of aromatic nitrogens is 1. The SMILES string of the molecule is COc1cc(-c2c(C#N)c(N)[nH]c(=O)c2C#N)cc(Br)c1OCC(=O)Nc1ccccc1. The number of ether oxygens (including phenoxy) is 2. The summed E-state index contributed by atoms with van der Waals surface area (Å²) in [7, 11) is 1.39. The van der Waals surface area contributed by atoms with E-state index in [1.807, 2.05) is 18.2 Å². The summed E-state index contributed by atoms with van der Waals surface area (Å²) in [5, 5.41) is 21.7. The van der Waals surface area contributed by atoms with Crippen molar-refractivity contribution < 1.29 is 14.3 Å². The van der Waals surface area contributed by atoms with E-state index in [-0.39, 0.29) is 46.5 Å². The second kappa shape index (κ2) is 9.69. The van der Waals surface area contributed by atoms with Crippen LogP contribution in [0.4, 0.5) is 11.5 Å². The Labute approximate surface area is 191 Å². The van der Waals surface area contributed by atoms with Crippen molar-refractivity contribution in [3.05, 3.63) is 68.4 Å². The van der Waals surface area contributed by atoms with Crippen LogP contribution in [-0.2, 0) is 4.79 Å². The number of hydrogen-bond donors (Lipinski definition) is 3. The molecule has 0 saturated carbocycles. The van der Waals surface area contributed by atoms with Gasteiger partial charge in [0, 0.05) is 11.3 Å². The molecule has 0 saturated heterocycles. The first-order valence-electron chi connectivity index (χ1n) is 9.11. The summed E-state index contributed by atoms with van der Waals surface area (Å²) in [6.07, 6.45) is 0. The highest BCUT2D eigenvalue weighted by Gasteiger charge is 2.21. The number of benzene rings is 2. The van der Waals surface area contributed by atoms with Crippen molar-refractivity contribution in [1.82, 2.24) is 4.98 Å². The minimum atomic E-state index is -0.716. The highest BCUT2D eigenvalue weighted by Crippen LogP contribution is 2.41. The van der Waals surface area contributed by atoms with E-state index in [4.69, 9.17) is 15.2 Å². The number of hydrogen-bond acceptors (Lipinski definition) is 7. The number of aromatic amines is 1. The number of nitrogens with two attached hydrogens (primary N) is 1. The molecule has 0 radical (unpaired) electrons. The summed E-state index contributed by atoms with van der Waals surface area (Å²) in [6, 6.07) is 15.7. The zero-order valence-electron chi connectivity index (χ0n) is 16.7. The summed E-state index contributed by atoms with van der Waals surface area (Å²) in [5.41, 5.74) is 5.78. The fraction of sp³-hybridized carbons (Fsp3) is 0.0909. The van der Waals surface area contributed by atoms with Crippen LogP contribution in [0.15, 0.2) is 51.7 Å². The van der Waals surface area contributed by atoms with Gasteiger partial charge in [-0.1, -0.05) is 18.2 Å². The number of para-hydroxylation sites is 1. The zero-order valence-corrected chi connectivity index (χ0v) is 18.3. The molecule has 0 aliphatic heterocycles. The van der Waals surface area contributed by atoms with Gasteiger partial charge in [0.1, 0.15) is 29.1 Å². The monoisotopic (exact) mass is 493 g/mol. The van der Waals surface area contributed by atoms with Crippen LogP contribution >= 0.6 is 15.9 Å². The zero-order chi connectivity index (χ0) is 23.3. The van der Waals surface area contributed by atoms with Gasteiger partial charge in [0.25, 0.3) is 11.5 Å². The smallest absolute Gasteiger partial charge is 0.268 e. The predicted octanol–water partition coefficient (Wildman–Crippen LogP) is 3.16. The first kappa shape index (κ1) is 22.4. The number of nitrogen functional groups attached to an aromatic ring is 1. The molecule has 32 heavy (non-hydrogen) atoms. The fourth-order valence-electron chi connectivity index (χ4n) is 2.99. The Hall–Kier alpha value is -4.28. The van der Waals surface area contributed by atoms with Crippen LogP contribution in [0, 0.1) is 22.7 Å². The maximum atomic E-state index is 12.2. The Morgan fingerprint density at radius 3 is 2.50 bits per heavy atom. The van der Waals surface area contributed by atoms with E-state index in [2.05, 4.69) is 26.2 Å². The minimum absolute atomic E-state index is 0.0500.